The summed E-state index contributed by atoms with van der Waals surface area (Å²) in [7, 11) is 3.04. The summed E-state index contributed by atoms with van der Waals surface area (Å²) in [6, 6.07) is 9.83. The number of fused-ring (bicyclic) bond motifs is 1. The number of rotatable bonds is 6. The third-order valence-corrected chi connectivity index (χ3v) is 7.08. The van der Waals surface area contributed by atoms with Crippen molar-refractivity contribution in [2.75, 3.05) is 39.2 Å². The molecule has 1 aromatic heterocycles. The smallest absolute Gasteiger partial charge is 0.260 e. The van der Waals surface area contributed by atoms with Gasteiger partial charge in [0.2, 0.25) is 6.41 Å². The topological polar surface area (TPSA) is 80.7 Å². The maximum Gasteiger partial charge on any atom is 0.260 e. The van der Waals surface area contributed by atoms with E-state index in [0.717, 1.165) is 31.6 Å². The van der Waals surface area contributed by atoms with Crippen molar-refractivity contribution in [1.82, 2.24) is 20.0 Å². The second-order valence-electron chi connectivity index (χ2n) is 9.33. The van der Waals surface area contributed by atoms with Crippen molar-refractivity contribution < 1.29 is 27.4 Å². The van der Waals surface area contributed by atoms with Crippen molar-refractivity contribution in [1.29, 1.82) is 0 Å². The second-order valence-corrected chi connectivity index (χ2v) is 9.77. The van der Waals surface area contributed by atoms with E-state index in [1.54, 1.807) is 24.3 Å². The van der Waals surface area contributed by atoms with Gasteiger partial charge in [-0.25, -0.2) is 17.9 Å². The minimum absolute atomic E-state index is 0.102. The van der Waals surface area contributed by atoms with Crippen LogP contribution in [0.2, 0.25) is 5.02 Å². The molecule has 2 N–H and O–H groups in total. The Kier molecular flexibility index (Phi) is 9.24. The lowest BCUT2D eigenvalue weighted by Crippen LogP contribution is -2.48. The molecule has 0 spiro atoms. The Balaban J connectivity index is 0.000000333. The van der Waals surface area contributed by atoms with Crippen LogP contribution in [-0.4, -0.2) is 67.4 Å². The van der Waals surface area contributed by atoms with Crippen molar-refractivity contribution in [2.45, 2.75) is 37.9 Å². The van der Waals surface area contributed by atoms with E-state index >= 15 is 0 Å². The summed E-state index contributed by atoms with van der Waals surface area (Å²) < 4.78 is 53.9. The maximum atomic E-state index is 14.3. The minimum Gasteiger partial charge on any atom is -0.493 e. The summed E-state index contributed by atoms with van der Waals surface area (Å²) in [5.74, 6) is 0.875. The summed E-state index contributed by atoms with van der Waals surface area (Å²) in [6.07, 6.45) is -1.62. The summed E-state index contributed by atoms with van der Waals surface area (Å²) in [4.78, 5) is 12.1. The van der Waals surface area contributed by atoms with Crippen LogP contribution in [0.1, 0.15) is 31.0 Å². The van der Waals surface area contributed by atoms with Crippen molar-refractivity contribution in [3.63, 3.8) is 0 Å². The van der Waals surface area contributed by atoms with Gasteiger partial charge in [-0.3, -0.25) is 4.79 Å². The molecule has 0 saturated carbocycles. The van der Waals surface area contributed by atoms with Gasteiger partial charge in [-0.1, -0.05) is 17.7 Å². The van der Waals surface area contributed by atoms with Crippen molar-refractivity contribution in [2.24, 2.45) is 0 Å². The van der Waals surface area contributed by atoms with E-state index < -0.39 is 24.3 Å². The van der Waals surface area contributed by atoms with Gasteiger partial charge in [0.1, 0.15) is 17.7 Å². The molecule has 3 aromatic rings. The van der Waals surface area contributed by atoms with Gasteiger partial charge in [0.15, 0.2) is 11.5 Å². The van der Waals surface area contributed by atoms with Gasteiger partial charge >= 0.3 is 0 Å². The number of amides is 1. The number of piperazine rings is 1. The zero-order chi connectivity index (χ0) is 28.1. The Morgan fingerprint density at radius 1 is 1.13 bits per heavy atom. The van der Waals surface area contributed by atoms with Crippen LogP contribution in [0.4, 0.5) is 19.0 Å². The number of carbonyl (C=O) groups excluding carboxylic acids is 1. The first-order valence-electron chi connectivity index (χ1n) is 12.5. The second kappa shape index (κ2) is 12.6. The summed E-state index contributed by atoms with van der Waals surface area (Å²) >= 11 is 5.81. The highest BCUT2D eigenvalue weighted by molar-refractivity contribution is 6.30. The van der Waals surface area contributed by atoms with Crippen molar-refractivity contribution >= 4 is 23.8 Å². The van der Waals surface area contributed by atoms with Gasteiger partial charge in [0.05, 0.1) is 26.0 Å². The Bertz CT molecular complexity index is 1290. The number of aromatic nitrogens is 2. The number of nitrogens with zero attached hydrogens (tertiary/aromatic N) is 3. The zero-order valence-corrected chi connectivity index (χ0v) is 22.6. The van der Waals surface area contributed by atoms with Gasteiger partial charge in [-0.05, 0) is 49.2 Å². The van der Waals surface area contributed by atoms with E-state index in [-0.39, 0.29) is 22.7 Å². The summed E-state index contributed by atoms with van der Waals surface area (Å²) in [6.45, 7) is 4.76. The quantitative estimate of drug-likeness (QED) is 0.402. The third-order valence-electron chi connectivity index (χ3n) is 6.85. The number of hydrogen-bond acceptors (Lipinski definition) is 6. The van der Waals surface area contributed by atoms with Crippen LogP contribution in [0.25, 0.3) is 11.3 Å². The Morgan fingerprint density at radius 2 is 1.90 bits per heavy atom. The highest BCUT2D eigenvalue weighted by atomic mass is 35.5. The number of ether oxygens (including phenoxy) is 2. The van der Waals surface area contributed by atoms with Crippen LogP contribution in [0.5, 0.6) is 11.5 Å². The molecule has 210 valence electrons. The van der Waals surface area contributed by atoms with Gasteiger partial charge in [-0.15, -0.1) is 0 Å². The van der Waals surface area contributed by atoms with E-state index in [1.165, 1.54) is 37.1 Å². The summed E-state index contributed by atoms with van der Waals surface area (Å²) in [5, 5.41) is 10.9. The molecule has 1 saturated heterocycles. The number of nitrogens with one attached hydrogen (secondary N) is 2. The van der Waals surface area contributed by atoms with E-state index in [2.05, 4.69) is 15.7 Å². The molecule has 8 nitrogen and oxygen atoms in total. The first-order valence-corrected chi connectivity index (χ1v) is 12.9. The van der Waals surface area contributed by atoms with Crippen LogP contribution in [0, 0.1) is 5.82 Å². The van der Waals surface area contributed by atoms with Gasteiger partial charge in [0, 0.05) is 42.3 Å². The molecule has 0 aliphatic carbocycles. The molecule has 2 aliphatic heterocycles. The predicted octanol–water partition coefficient (Wildman–Crippen LogP) is 5.16. The zero-order valence-electron chi connectivity index (χ0n) is 21.8. The Hall–Kier alpha value is -3.44. The molecule has 1 amide bonds. The predicted molar refractivity (Wildman–Crippen MR) is 143 cm³/mol. The normalized spacial score (nSPS) is 20.4. The third kappa shape index (κ3) is 6.42. The number of alkyl halides is 2. The average Bonchev–Trinajstić information content (AvgIpc) is 3.36. The molecular formula is C27H31ClF3N5O3. The number of carbonyl (C=O) groups is 1. The molecule has 39 heavy (non-hydrogen) atoms. The van der Waals surface area contributed by atoms with Gasteiger partial charge in [0.25, 0.3) is 6.43 Å². The molecule has 2 aliphatic rings. The number of methoxy groups -OCH3 is 2. The van der Waals surface area contributed by atoms with Crippen LogP contribution >= 0.6 is 11.6 Å². The molecule has 12 heteroatoms. The molecule has 3 atom stereocenters. The lowest BCUT2D eigenvalue weighted by molar-refractivity contribution is -0.120. The first-order chi connectivity index (χ1) is 18.7. The van der Waals surface area contributed by atoms with Gasteiger partial charge < -0.3 is 25.0 Å². The fraction of sp³-hybridized carbons (Fsp3) is 0.407. The number of halogens is 4. The van der Waals surface area contributed by atoms with Crippen molar-refractivity contribution in [3.8, 4) is 22.8 Å². The highest BCUT2D eigenvalue weighted by Gasteiger charge is 2.35. The molecule has 3 heterocycles. The molecule has 0 bridgehead atoms. The highest BCUT2D eigenvalue weighted by Crippen LogP contribution is 2.41. The van der Waals surface area contributed by atoms with Crippen LogP contribution in [0.3, 0.4) is 0 Å². The van der Waals surface area contributed by atoms with Crippen LogP contribution < -0.4 is 20.1 Å². The first kappa shape index (κ1) is 28.6. The molecule has 2 unspecified atom stereocenters. The van der Waals surface area contributed by atoms with E-state index in [4.69, 9.17) is 21.1 Å². The molecule has 1 fully saturated rings. The largest absolute Gasteiger partial charge is 0.493 e. The lowest BCUT2D eigenvalue weighted by Gasteiger charge is -2.32. The van der Waals surface area contributed by atoms with Crippen molar-refractivity contribution in [3.05, 3.63) is 58.9 Å². The molecule has 5 rings (SSSR count). The van der Waals surface area contributed by atoms with E-state index in [0.29, 0.717) is 23.4 Å². The lowest BCUT2D eigenvalue weighted by atomic mass is 9.97. The average molecular weight is 566 g/mol. The fourth-order valence-electron chi connectivity index (χ4n) is 4.67. The standard InChI is InChI=1S/C21H19ClF3N3O2.C6H12N2O/c1-29-18-6-3-11(7-19(18)30-2)15-9-17(21(24)25)28-20(26-15)10-16(27-28)13-5-4-12(22)8-14(13)23;1-6-4-7-2-3-8(6)5-9/h3-8,10,15,17,21,26H,9H2,1-2H3;5-7H,2-4H2,1H3/t;6-/m.0/s1. The number of benzene rings is 2. The van der Waals surface area contributed by atoms with Crippen LogP contribution in [-0.2, 0) is 4.79 Å². The minimum atomic E-state index is -2.64. The number of hydrogen-bond donors (Lipinski definition) is 2. The molecule has 0 radical (unpaired) electrons. The van der Waals surface area contributed by atoms with Gasteiger partial charge in [-0.2, -0.15) is 5.10 Å². The Morgan fingerprint density at radius 3 is 2.51 bits per heavy atom. The monoisotopic (exact) mass is 565 g/mol. The fourth-order valence-corrected chi connectivity index (χ4v) is 4.83. The Labute approximate surface area is 230 Å². The summed E-state index contributed by atoms with van der Waals surface area (Å²) in [5.41, 5.74) is 1.22. The van der Waals surface area contributed by atoms with E-state index in [9.17, 15) is 18.0 Å². The van der Waals surface area contributed by atoms with E-state index in [1.807, 2.05) is 11.8 Å². The molecular weight excluding hydrogens is 535 g/mol. The number of anilines is 1. The maximum absolute atomic E-state index is 14.3. The SMILES string of the molecule is COc1ccc(C2CC(C(F)F)n3nc(-c4ccc(Cl)cc4F)cc3N2)cc1OC.C[C@H]1CNCCN1C=O. The van der Waals surface area contributed by atoms with Crippen LogP contribution in [0.15, 0.2) is 42.5 Å². The molecule has 2 aromatic carbocycles.